The van der Waals surface area contributed by atoms with Gasteiger partial charge in [0.05, 0.1) is 19.1 Å². The predicted octanol–water partition coefficient (Wildman–Crippen LogP) is 5.06. The van der Waals surface area contributed by atoms with Crippen molar-refractivity contribution in [1.29, 1.82) is 0 Å². The van der Waals surface area contributed by atoms with Gasteiger partial charge in [-0.2, -0.15) is 0 Å². The third kappa shape index (κ3) is 5.51. The van der Waals surface area contributed by atoms with Crippen molar-refractivity contribution in [2.45, 2.75) is 25.8 Å². The number of carbonyl (C=O) groups is 2. The third-order valence-corrected chi connectivity index (χ3v) is 6.06. The van der Waals surface area contributed by atoms with Crippen LogP contribution < -0.4 is 9.47 Å². The molecule has 1 N–H and O–H groups in total. The highest BCUT2D eigenvalue weighted by molar-refractivity contribution is 6.30. The van der Waals surface area contributed by atoms with E-state index < -0.39 is 18.6 Å². The summed E-state index contributed by atoms with van der Waals surface area (Å²) in [6.45, 7) is 2.30. The lowest BCUT2D eigenvalue weighted by Gasteiger charge is -2.38. The van der Waals surface area contributed by atoms with Crippen molar-refractivity contribution in [3.05, 3.63) is 94.0 Å². The van der Waals surface area contributed by atoms with Crippen LogP contribution in [0.2, 0.25) is 5.02 Å². The number of carboxylic acids is 1. The normalized spacial score (nSPS) is 14.9. The number of rotatable bonds is 8. The van der Waals surface area contributed by atoms with Crippen LogP contribution in [-0.4, -0.2) is 41.6 Å². The first-order valence-corrected chi connectivity index (χ1v) is 11.5. The molecule has 1 amide bonds. The van der Waals surface area contributed by atoms with E-state index >= 15 is 0 Å². The number of hydrogen-bond donors (Lipinski definition) is 1. The number of halogens is 1. The van der Waals surface area contributed by atoms with E-state index in [4.69, 9.17) is 26.2 Å². The molecule has 4 rings (SSSR count). The Labute approximate surface area is 203 Å². The summed E-state index contributed by atoms with van der Waals surface area (Å²) in [5.41, 5.74) is 3.91. The maximum absolute atomic E-state index is 13.4. The Hall–Kier alpha value is -3.51. The minimum atomic E-state index is -1.08. The second-order valence-electron chi connectivity index (χ2n) is 8.21. The molecule has 0 bridgehead atoms. The first-order valence-electron chi connectivity index (χ1n) is 11.1. The molecule has 0 aliphatic carbocycles. The molecule has 176 valence electrons. The van der Waals surface area contributed by atoms with Gasteiger partial charge >= 0.3 is 5.97 Å². The van der Waals surface area contributed by atoms with E-state index in [-0.39, 0.29) is 18.9 Å². The van der Waals surface area contributed by atoms with Crippen molar-refractivity contribution >= 4 is 23.5 Å². The summed E-state index contributed by atoms with van der Waals surface area (Å²) in [7, 11) is 0. The van der Waals surface area contributed by atoms with Gasteiger partial charge in [0.15, 0.2) is 6.61 Å². The molecule has 6 nitrogen and oxygen atoms in total. The monoisotopic (exact) mass is 479 g/mol. The highest BCUT2D eigenvalue weighted by atomic mass is 35.5. The number of aliphatic carboxylic acids is 1. The molecule has 0 saturated heterocycles. The number of nitrogens with zero attached hydrogens (tertiary/aromatic N) is 1. The Morgan fingerprint density at radius 1 is 1.03 bits per heavy atom. The SMILES string of the molecule is Cc1ccc(OCCC(=O)N2CCc3ccccc3C2c2cc(Cl)ccc2OCC(=O)O)cc1. The molecule has 34 heavy (non-hydrogen) atoms. The minimum Gasteiger partial charge on any atom is -0.493 e. The van der Waals surface area contributed by atoms with Crippen LogP contribution in [0.5, 0.6) is 11.5 Å². The van der Waals surface area contributed by atoms with Crippen molar-refractivity contribution in [1.82, 2.24) is 4.90 Å². The van der Waals surface area contributed by atoms with Crippen molar-refractivity contribution in [3.8, 4) is 11.5 Å². The summed E-state index contributed by atoms with van der Waals surface area (Å²) < 4.78 is 11.4. The smallest absolute Gasteiger partial charge is 0.341 e. The summed E-state index contributed by atoms with van der Waals surface area (Å²) >= 11 is 6.32. The van der Waals surface area contributed by atoms with Crippen molar-refractivity contribution in [2.24, 2.45) is 0 Å². The van der Waals surface area contributed by atoms with Gasteiger partial charge in [-0.1, -0.05) is 53.6 Å². The average Bonchev–Trinajstić information content (AvgIpc) is 2.83. The van der Waals surface area contributed by atoms with E-state index in [0.29, 0.717) is 22.9 Å². The topological polar surface area (TPSA) is 76.1 Å². The average molecular weight is 480 g/mol. The van der Waals surface area contributed by atoms with Crippen LogP contribution in [0.1, 0.15) is 34.7 Å². The predicted molar refractivity (Wildman–Crippen MR) is 130 cm³/mol. The molecule has 0 radical (unpaired) electrons. The molecule has 1 aliphatic rings. The van der Waals surface area contributed by atoms with Crippen LogP contribution in [0.3, 0.4) is 0 Å². The summed E-state index contributed by atoms with van der Waals surface area (Å²) in [4.78, 5) is 26.3. The second kappa shape index (κ2) is 10.6. The minimum absolute atomic E-state index is 0.0595. The fourth-order valence-corrected chi connectivity index (χ4v) is 4.39. The van der Waals surface area contributed by atoms with Crippen LogP contribution >= 0.6 is 11.6 Å². The second-order valence-corrected chi connectivity index (χ2v) is 8.65. The zero-order chi connectivity index (χ0) is 24.1. The van der Waals surface area contributed by atoms with Crippen molar-refractivity contribution < 1.29 is 24.2 Å². The Morgan fingerprint density at radius 2 is 1.79 bits per heavy atom. The lowest BCUT2D eigenvalue weighted by molar-refractivity contribution is -0.139. The van der Waals surface area contributed by atoms with E-state index in [1.807, 2.05) is 55.5 Å². The molecule has 1 heterocycles. The number of aryl methyl sites for hydroxylation is 1. The lowest BCUT2D eigenvalue weighted by atomic mass is 9.87. The van der Waals surface area contributed by atoms with Gasteiger partial charge in [0.25, 0.3) is 0 Å². The van der Waals surface area contributed by atoms with Crippen LogP contribution in [0.25, 0.3) is 0 Å². The Morgan fingerprint density at radius 3 is 2.56 bits per heavy atom. The standard InChI is InChI=1S/C27H26ClNO5/c1-18-6-9-21(10-7-18)33-15-13-25(30)29-14-12-19-4-2-3-5-22(19)27(29)23-16-20(28)8-11-24(23)34-17-26(31)32/h2-11,16,27H,12-15,17H2,1H3,(H,31,32). The molecule has 0 fully saturated rings. The summed E-state index contributed by atoms with van der Waals surface area (Å²) in [5.74, 6) is -0.0257. The molecule has 1 unspecified atom stereocenters. The van der Waals surface area contributed by atoms with Crippen LogP contribution in [0.15, 0.2) is 66.7 Å². The van der Waals surface area contributed by atoms with E-state index in [0.717, 1.165) is 28.9 Å². The van der Waals surface area contributed by atoms with Gasteiger partial charge in [0, 0.05) is 17.1 Å². The molecular weight excluding hydrogens is 454 g/mol. The van der Waals surface area contributed by atoms with E-state index in [2.05, 4.69) is 0 Å². The first-order chi connectivity index (χ1) is 16.4. The Kier molecular flexibility index (Phi) is 7.38. The zero-order valence-corrected chi connectivity index (χ0v) is 19.6. The molecule has 1 atom stereocenters. The summed E-state index contributed by atoms with van der Waals surface area (Å²) in [6, 6.07) is 20.3. The summed E-state index contributed by atoms with van der Waals surface area (Å²) in [5, 5.41) is 9.59. The fourth-order valence-electron chi connectivity index (χ4n) is 4.21. The number of carbonyl (C=O) groups excluding carboxylic acids is 1. The highest BCUT2D eigenvalue weighted by Crippen LogP contribution is 2.40. The number of fused-ring (bicyclic) bond motifs is 1. The Bertz CT molecular complexity index is 1180. The van der Waals surface area contributed by atoms with Crippen molar-refractivity contribution in [2.75, 3.05) is 19.8 Å². The number of benzene rings is 3. The molecule has 3 aromatic carbocycles. The van der Waals surface area contributed by atoms with E-state index in [1.165, 1.54) is 0 Å². The lowest BCUT2D eigenvalue weighted by Crippen LogP contribution is -2.41. The van der Waals surface area contributed by atoms with Gasteiger partial charge in [0.2, 0.25) is 5.91 Å². The molecule has 1 aliphatic heterocycles. The maximum atomic E-state index is 13.4. The Balaban J connectivity index is 1.61. The van der Waals surface area contributed by atoms with E-state index in [1.54, 1.807) is 23.1 Å². The molecule has 0 saturated carbocycles. The maximum Gasteiger partial charge on any atom is 0.341 e. The quantitative estimate of drug-likeness (QED) is 0.489. The van der Waals surface area contributed by atoms with Gasteiger partial charge in [-0.05, 0) is 54.8 Å². The zero-order valence-electron chi connectivity index (χ0n) is 18.9. The van der Waals surface area contributed by atoms with Gasteiger partial charge in [-0.25, -0.2) is 4.79 Å². The molecule has 0 spiro atoms. The van der Waals surface area contributed by atoms with Crippen molar-refractivity contribution in [3.63, 3.8) is 0 Å². The summed E-state index contributed by atoms with van der Waals surface area (Å²) in [6.07, 6.45) is 0.932. The largest absolute Gasteiger partial charge is 0.493 e. The van der Waals surface area contributed by atoms with Crippen LogP contribution in [-0.2, 0) is 16.0 Å². The van der Waals surface area contributed by atoms with Crippen LogP contribution in [0.4, 0.5) is 0 Å². The molecular formula is C27H26ClNO5. The van der Waals surface area contributed by atoms with Gasteiger partial charge in [0.1, 0.15) is 11.5 Å². The first kappa shape index (κ1) is 23.6. The third-order valence-electron chi connectivity index (χ3n) is 5.83. The van der Waals surface area contributed by atoms with E-state index in [9.17, 15) is 9.59 Å². The molecule has 0 aromatic heterocycles. The molecule has 3 aromatic rings. The number of carboxylic acid groups (broad SMARTS) is 1. The fraction of sp³-hybridized carbons (Fsp3) is 0.259. The van der Waals surface area contributed by atoms with Gasteiger partial charge in [-0.15, -0.1) is 0 Å². The number of amides is 1. The number of ether oxygens (including phenoxy) is 2. The number of hydrogen-bond acceptors (Lipinski definition) is 4. The van der Waals surface area contributed by atoms with Gasteiger partial charge < -0.3 is 19.5 Å². The highest BCUT2D eigenvalue weighted by Gasteiger charge is 2.33. The molecule has 7 heteroatoms. The van der Waals surface area contributed by atoms with Crippen LogP contribution in [0, 0.1) is 6.92 Å². The van der Waals surface area contributed by atoms with Gasteiger partial charge in [-0.3, -0.25) is 4.79 Å².